The predicted octanol–water partition coefficient (Wildman–Crippen LogP) is 1.69. The Morgan fingerprint density at radius 2 is 2.27 bits per heavy atom. The van der Waals surface area contributed by atoms with E-state index < -0.39 is 22.6 Å². The fourth-order valence-electron chi connectivity index (χ4n) is 1.32. The number of aryl methyl sites for hydroxylation is 1. The van der Waals surface area contributed by atoms with Gasteiger partial charge in [-0.3, -0.25) is 15.1 Å². The first-order valence-corrected chi connectivity index (χ1v) is 4.10. The number of halogens is 2. The molecule has 0 fully saturated rings. The van der Waals surface area contributed by atoms with Crippen molar-refractivity contribution in [3.63, 3.8) is 0 Å². The lowest BCUT2D eigenvalue weighted by Crippen LogP contribution is -2.09. The predicted molar refractivity (Wildman–Crippen MR) is 48.5 cm³/mol. The summed E-state index contributed by atoms with van der Waals surface area (Å²) >= 11 is 0. The molecule has 5 nitrogen and oxygen atoms in total. The summed E-state index contributed by atoms with van der Waals surface area (Å²) in [5.74, 6) is 0. The van der Waals surface area contributed by atoms with Gasteiger partial charge in [-0.25, -0.2) is 8.78 Å². The average molecular weight is 217 g/mol. The molecule has 82 valence electrons. The summed E-state index contributed by atoms with van der Waals surface area (Å²) in [5.41, 5.74) is 4.25. The van der Waals surface area contributed by atoms with Crippen LogP contribution in [0, 0.1) is 17.0 Å². The molecular formula is C8H9F2N3O2. The summed E-state index contributed by atoms with van der Waals surface area (Å²) < 4.78 is 25.2. The molecule has 0 saturated carbocycles. The Balaban J connectivity index is 3.47. The maximum atomic E-state index is 12.6. The molecule has 0 aliphatic carbocycles. The zero-order valence-corrected chi connectivity index (χ0v) is 7.91. The van der Waals surface area contributed by atoms with Gasteiger partial charge in [-0.15, -0.1) is 0 Å². The molecule has 0 atom stereocenters. The molecule has 0 spiro atoms. The highest BCUT2D eigenvalue weighted by Crippen LogP contribution is 2.30. The lowest BCUT2D eigenvalue weighted by atomic mass is 10.1. The Morgan fingerprint density at radius 3 is 2.67 bits per heavy atom. The van der Waals surface area contributed by atoms with Crippen LogP contribution in [0.15, 0.2) is 6.20 Å². The van der Waals surface area contributed by atoms with Crippen LogP contribution in [0.25, 0.3) is 0 Å². The molecular weight excluding hydrogens is 208 g/mol. The molecule has 0 aromatic carbocycles. The quantitative estimate of drug-likeness (QED) is 0.617. The van der Waals surface area contributed by atoms with Gasteiger partial charge in [0, 0.05) is 12.2 Å². The van der Waals surface area contributed by atoms with Crippen LogP contribution in [0.5, 0.6) is 0 Å². The molecule has 0 bridgehead atoms. The number of nitrogens with two attached hydrogens (primary N) is 1. The number of nitro groups is 1. The minimum absolute atomic E-state index is 0.0658. The number of pyridine rings is 1. The van der Waals surface area contributed by atoms with Gasteiger partial charge in [0.05, 0.1) is 16.1 Å². The number of aromatic nitrogens is 1. The van der Waals surface area contributed by atoms with E-state index in [-0.39, 0.29) is 17.8 Å². The highest BCUT2D eigenvalue weighted by molar-refractivity contribution is 5.45. The highest BCUT2D eigenvalue weighted by atomic mass is 19.3. The van der Waals surface area contributed by atoms with Crippen molar-refractivity contribution in [2.75, 3.05) is 0 Å². The Labute approximate surface area is 84.1 Å². The molecule has 0 saturated heterocycles. The fraction of sp³-hybridized carbons (Fsp3) is 0.375. The van der Waals surface area contributed by atoms with E-state index in [0.717, 1.165) is 6.20 Å². The van der Waals surface area contributed by atoms with Crippen molar-refractivity contribution < 1.29 is 13.7 Å². The van der Waals surface area contributed by atoms with E-state index in [1.807, 2.05) is 0 Å². The summed E-state index contributed by atoms with van der Waals surface area (Å²) in [6.45, 7) is 1.06. The molecule has 1 rings (SSSR count). The molecule has 1 heterocycles. The summed E-state index contributed by atoms with van der Waals surface area (Å²) in [6.07, 6.45) is -1.86. The summed E-state index contributed by atoms with van der Waals surface area (Å²) in [7, 11) is 0. The lowest BCUT2D eigenvalue weighted by molar-refractivity contribution is -0.386. The van der Waals surface area contributed by atoms with Crippen LogP contribution >= 0.6 is 0 Å². The van der Waals surface area contributed by atoms with Crippen LogP contribution in [-0.2, 0) is 6.54 Å². The van der Waals surface area contributed by atoms with Crippen molar-refractivity contribution in [2.45, 2.75) is 19.9 Å². The molecule has 0 amide bonds. The summed E-state index contributed by atoms with van der Waals surface area (Å²) in [6, 6.07) is 0. The topological polar surface area (TPSA) is 82.0 Å². The van der Waals surface area contributed by atoms with Crippen LogP contribution in [-0.4, -0.2) is 9.91 Å². The molecule has 15 heavy (non-hydrogen) atoms. The molecule has 7 heteroatoms. The van der Waals surface area contributed by atoms with Crippen LogP contribution in [0.4, 0.5) is 14.5 Å². The third-order valence-electron chi connectivity index (χ3n) is 2.02. The molecule has 0 radical (unpaired) electrons. The Morgan fingerprint density at radius 1 is 1.67 bits per heavy atom. The largest absolute Gasteiger partial charge is 0.326 e. The van der Waals surface area contributed by atoms with E-state index in [1.165, 1.54) is 6.92 Å². The van der Waals surface area contributed by atoms with Crippen molar-refractivity contribution >= 4 is 5.69 Å². The van der Waals surface area contributed by atoms with Crippen LogP contribution in [0.2, 0.25) is 0 Å². The Kier molecular flexibility index (Phi) is 3.25. The second kappa shape index (κ2) is 4.26. The molecule has 1 aromatic rings. The number of rotatable bonds is 3. The Hall–Kier alpha value is -1.63. The van der Waals surface area contributed by atoms with E-state index in [0.29, 0.717) is 0 Å². The van der Waals surface area contributed by atoms with Gasteiger partial charge in [0.1, 0.15) is 6.20 Å². The number of hydrogen-bond donors (Lipinski definition) is 1. The highest BCUT2D eigenvalue weighted by Gasteiger charge is 2.24. The van der Waals surface area contributed by atoms with Crippen LogP contribution in [0.1, 0.15) is 23.2 Å². The maximum absolute atomic E-state index is 12.6. The smallest absolute Gasteiger partial charge is 0.292 e. The van der Waals surface area contributed by atoms with E-state index in [9.17, 15) is 18.9 Å². The first kappa shape index (κ1) is 11.4. The summed E-state index contributed by atoms with van der Waals surface area (Å²) in [5, 5.41) is 10.5. The van der Waals surface area contributed by atoms with Crippen molar-refractivity contribution in [2.24, 2.45) is 5.73 Å². The second-order valence-corrected chi connectivity index (χ2v) is 2.88. The maximum Gasteiger partial charge on any atom is 0.292 e. The third kappa shape index (κ3) is 2.07. The van der Waals surface area contributed by atoms with Crippen molar-refractivity contribution in [3.8, 4) is 0 Å². The first-order chi connectivity index (χ1) is 6.99. The second-order valence-electron chi connectivity index (χ2n) is 2.88. The van der Waals surface area contributed by atoms with Crippen molar-refractivity contribution in [3.05, 3.63) is 33.1 Å². The minimum Gasteiger partial charge on any atom is -0.326 e. The van der Waals surface area contributed by atoms with Crippen LogP contribution in [0.3, 0.4) is 0 Å². The molecule has 0 unspecified atom stereocenters. The zero-order valence-electron chi connectivity index (χ0n) is 7.91. The third-order valence-corrected chi connectivity index (χ3v) is 2.02. The van der Waals surface area contributed by atoms with Gasteiger partial charge in [-0.1, -0.05) is 0 Å². The van der Waals surface area contributed by atoms with E-state index in [1.54, 1.807) is 0 Å². The van der Waals surface area contributed by atoms with Crippen LogP contribution < -0.4 is 5.73 Å². The van der Waals surface area contributed by atoms with Gasteiger partial charge in [-0.2, -0.15) is 0 Å². The van der Waals surface area contributed by atoms with Gasteiger partial charge >= 0.3 is 0 Å². The van der Waals surface area contributed by atoms with Crippen molar-refractivity contribution in [1.82, 2.24) is 4.98 Å². The molecule has 0 aliphatic heterocycles. The van der Waals surface area contributed by atoms with E-state index in [4.69, 9.17) is 5.73 Å². The van der Waals surface area contributed by atoms with Gasteiger partial charge in [0.25, 0.3) is 12.1 Å². The van der Waals surface area contributed by atoms with Gasteiger partial charge in [-0.05, 0) is 6.92 Å². The molecule has 2 N–H and O–H groups in total. The molecule has 0 aliphatic rings. The first-order valence-electron chi connectivity index (χ1n) is 4.10. The SMILES string of the molecule is Cc1ncc([N+](=O)[O-])c(CN)c1C(F)F. The lowest BCUT2D eigenvalue weighted by Gasteiger charge is -2.09. The number of nitrogens with zero attached hydrogens (tertiary/aromatic N) is 2. The number of hydrogen-bond acceptors (Lipinski definition) is 4. The zero-order chi connectivity index (χ0) is 11.6. The van der Waals surface area contributed by atoms with Gasteiger partial charge < -0.3 is 5.73 Å². The van der Waals surface area contributed by atoms with Crippen molar-refractivity contribution in [1.29, 1.82) is 0 Å². The van der Waals surface area contributed by atoms with E-state index in [2.05, 4.69) is 4.98 Å². The average Bonchev–Trinajstić information content (AvgIpc) is 2.15. The normalized spacial score (nSPS) is 10.7. The fourth-order valence-corrected chi connectivity index (χ4v) is 1.32. The standard InChI is InChI=1S/C8H9F2N3O2/c1-4-7(8(9)10)5(2-11)6(3-12-4)13(14)15/h3,8H,2,11H2,1H3. The number of alkyl halides is 2. The van der Waals surface area contributed by atoms with E-state index >= 15 is 0 Å². The monoisotopic (exact) mass is 217 g/mol. The van der Waals surface area contributed by atoms with Gasteiger partial charge in [0.2, 0.25) is 0 Å². The van der Waals surface area contributed by atoms with Gasteiger partial charge in [0.15, 0.2) is 0 Å². The Bertz CT molecular complexity index is 396. The minimum atomic E-state index is -2.81. The molecule has 1 aromatic heterocycles. The summed E-state index contributed by atoms with van der Waals surface area (Å²) in [4.78, 5) is 13.3.